The highest BCUT2D eigenvalue weighted by molar-refractivity contribution is 9.09. The number of β-amino-alcohol motifs (C(OH)–C–C–N with tert-alkyl or cyclic N) is 1. The highest BCUT2D eigenvalue weighted by Crippen LogP contribution is 2.37. The van der Waals surface area contributed by atoms with Gasteiger partial charge in [-0.1, -0.05) is 15.9 Å². The van der Waals surface area contributed by atoms with E-state index < -0.39 is 0 Å². The van der Waals surface area contributed by atoms with Crippen LogP contribution >= 0.6 is 15.9 Å². The third-order valence-corrected chi connectivity index (χ3v) is 3.89. The van der Waals surface area contributed by atoms with Crippen LogP contribution in [0.25, 0.3) is 0 Å². The number of aliphatic hydroxyl groups excluding tert-OH is 1. The van der Waals surface area contributed by atoms with Crippen molar-refractivity contribution in [3.63, 3.8) is 0 Å². The molecule has 3 heteroatoms. The highest BCUT2D eigenvalue weighted by atomic mass is 79.9. The van der Waals surface area contributed by atoms with E-state index in [1.807, 2.05) is 0 Å². The molecule has 2 bridgehead atoms. The molecule has 0 aromatic rings. The number of fused-ring (bicyclic) bond motifs is 2. The lowest BCUT2D eigenvalue weighted by Crippen LogP contribution is -2.38. The van der Waals surface area contributed by atoms with Gasteiger partial charge in [-0.25, -0.2) is 0 Å². The van der Waals surface area contributed by atoms with E-state index in [-0.39, 0.29) is 6.10 Å². The SMILES string of the molecule is OC(CBr)CN1CC2CCC1C2. The van der Waals surface area contributed by atoms with E-state index >= 15 is 0 Å². The lowest BCUT2D eigenvalue weighted by Gasteiger charge is -2.28. The van der Waals surface area contributed by atoms with Gasteiger partial charge in [-0.3, -0.25) is 4.90 Å². The Kier molecular flexibility index (Phi) is 2.72. The number of likely N-dealkylation sites (tertiary alicyclic amines) is 1. The van der Waals surface area contributed by atoms with Gasteiger partial charge in [-0.2, -0.15) is 0 Å². The molecule has 3 atom stereocenters. The van der Waals surface area contributed by atoms with Crippen molar-refractivity contribution in [2.45, 2.75) is 31.4 Å². The van der Waals surface area contributed by atoms with Crippen LogP contribution in [0.1, 0.15) is 19.3 Å². The Morgan fingerprint density at radius 3 is 2.83 bits per heavy atom. The normalized spacial score (nSPS) is 37.5. The number of aliphatic hydroxyl groups is 1. The zero-order valence-corrected chi connectivity index (χ0v) is 8.83. The minimum Gasteiger partial charge on any atom is -0.391 e. The average Bonchev–Trinajstić information content (AvgIpc) is 2.64. The van der Waals surface area contributed by atoms with Crippen molar-refractivity contribution >= 4 is 15.9 Å². The number of piperidine rings is 1. The van der Waals surface area contributed by atoms with Crippen LogP contribution in [0.2, 0.25) is 0 Å². The number of nitrogens with zero attached hydrogens (tertiary/aromatic N) is 1. The second-order valence-electron chi connectivity index (χ2n) is 4.09. The third-order valence-electron chi connectivity index (χ3n) is 3.15. The Morgan fingerprint density at radius 1 is 1.50 bits per heavy atom. The van der Waals surface area contributed by atoms with Crippen LogP contribution in [0.3, 0.4) is 0 Å². The van der Waals surface area contributed by atoms with Gasteiger partial charge in [0.25, 0.3) is 0 Å². The molecule has 1 N–H and O–H groups in total. The maximum atomic E-state index is 9.46. The van der Waals surface area contributed by atoms with Crippen LogP contribution in [0.4, 0.5) is 0 Å². The summed E-state index contributed by atoms with van der Waals surface area (Å²) in [7, 11) is 0. The van der Waals surface area contributed by atoms with Gasteiger partial charge in [0.05, 0.1) is 6.10 Å². The summed E-state index contributed by atoms with van der Waals surface area (Å²) in [6.07, 6.45) is 3.99. The molecule has 12 heavy (non-hydrogen) atoms. The first-order valence-corrected chi connectivity index (χ1v) is 5.90. The first-order valence-electron chi connectivity index (χ1n) is 4.77. The monoisotopic (exact) mass is 233 g/mol. The predicted octanol–water partition coefficient (Wildman–Crippen LogP) is 1.23. The topological polar surface area (TPSA) is 23.5 Å². The molecule has 0 spiro atoms. The molecule has 2 aliphatic rings. The van der Waals surface area contributed by atoms with Gasteiger partial charge in [0.2, 0.25) is 0 Å². The summed E-state index contributed by atoms with van der Waals surface area (Å²) in [5, 5.41) is 10.2. The van der Waals surface area contributed by atoms with Crippen LogP contribution in [-0.4, -0.2) is 40.6 Å². The molecule has 1 saturated carbocycles. The molecular formula is C9H16BrNO. The van der Waals surface area contributed by atoms with Gasteiger partial charge in [-0.05, 0) is 25.2 Å². The predicted molar refractivity (Wildman–Crippen MR) is 52.5 cm³/mol. The van der Waals surface area contributed by atoms with Crippen LogP contribution in [0, 0.1) is 5.92 Å². The summed E-state index contributed by atoms with van der Waals surface area (Å²) in [6.45, 7) is 2.10. The van der Waals surface area contributed by atoms with Crippen LogP contribution in [0.5, 0.6) is 0 Å². The van der Waals surface area contributed by atoms with Crippen LogP contribution in [-0.2, 0) is 0 Å². The second kappa shape index (κ2) is 3.64. The first kappa shape index (κ1) is 8.97. The first-order chi connectivity index (χ1) is 5.79. The van der Waals surface area contributed by atoms with Gasteiger partial charge in [-0.15, -0.1) is 0 Å². The van der Waals surface area contributed by atoms with Crippen molar-refractivity contribution in [2.24, 2.45) is 5.92 Å². The highest BCUT2D eigenvalue weighted by Gasteiger charge is 2.37. The van der Waals surface area contributed by atoms with Gasteiger partial charge >= 0.3 is 0 Å². The molecule has 0 aromatic heterocycles. The fourth-order valence-corrected chi connectivity index (χ4v) is 2.77. The summed E-state index contributed by atoms with van der Waals surface area (Å²) in [5.74, 6) is 0.942. The molecule has 1 aliphatic carbocycles. The Morgan fingerprint density at radius 2 is 2.33 bits per heavy atom. The van der Waals surface area contributed by atoms with Crippen molar-refractivity contribution in [1.82, 2.24) is 4.90 Å². The quantitative estimate of drug-likeness (QED) is 0.742. The maximum Gasteiger partial charge on any atom is 0.0763 e. The summed E-state index contributed by atoms with van der Waals surface area (Å²) >= 11 is 3.30. The lowest BCUT2D eigenvalue weighted by atomic mass is 10.1. The van der Waals surface area contributed by atoms with Gasteiger partial charge < -0.3 is 5.11 Å². The number of rotatable bonds is 3. The molecule has 70 valence electrons. The molecule has 1 saturated heterocycles. The summed E-state index contributed by atoms with van der Waals surface area (Å²) in [5.41, 5.74) is 0. The van der Waals surface area contributed by atoms with Gasteiger partial charge in [0, 0.05) is 24.5 Å². The van der Waals surface area contributed by atoms with Crippen LogP contribution < -0.4 is 0 Å². The molecule has 0 aromatic carbocycles. The summed E-state index contributed by atoms with van der Waals surface area (Å²) < 4.78 is 0. The van der Waals surface area contributed by atoms with Crippen molar-refractivity contribution < 1.29 is 5.11 Å². The Hall–Kier alpha value is 0.400. The molecule has 2 rings (SSSR count). The molecule has 1 aliphatic heterocycles. The summed E-state index contributed by atoms with van der Waals surface area (Å²) in [4.78, 5) is 2.46. The molecule has 0 radical (unpaired) electrons. The molecule has 0 amide bonds. The minimum atomic E-state index is -0.177. The number of halogens is 1. The van der Waals surface area contributed by atoms with Gasteiger partial charge in [0.1, 0.15) is 0 Å². The number of hydrogen-bond acceptors (Lipinski definition) is 2. The second-order valence-corrected chi connectivity index (χ2v) is 4.74. The van der Waals surface area contributed by atoms with Crippen molar-refractivity contribution in [2.75, 3.05) is 18.4 Å². The molecular weight excluding hydrogens is 218 g/mol. The molecule has 1 heterocycles. The van der Waals surface area contributed by atoms with E-state index in [4.69, 9.17) is 0 Å². The number of hydrogen-bond donors (Lipinski definition) is 1. The molecule has 2 fully saturated rings. The fraction of sp³-hybridized carbons (Fsp3) is 1.00. The zero-order chi connectivity index (χ0) is 8.55. The Balaban J connectivity index is 1.82. The Bertz CT molecular complexity index is 165. The van der Waals surface area contributed by atoms with Crippen LogP contribution in [0.15, 0.2) is 0 Å². The summed E-state index contributed by atoms with van der Waals surface area (Å²) in [6, 6.07) is 0.795. The van der Waals surface area contributed by atoms with E-state index in [2.05, 4.69) is 20.8 Å². The maximum absolute atomic E-state index is 9.46. The van der Waals surface area contributed by atoms with E-state index in [1.54, 1.807) is 0 Å². The number of alkyl halides is 1. The van der Waals surface area contributed by atoms with E-state index in [0.717, 1.165) is 18.5 Å². The average molecular weight is 234 g/mol. The lowest BCUT2D eigenvalue weighted by molar-refractivity contribution is 0.110. The van der Waals surface area contributed by atoms with E-state index in [0.29, 0.717) is 5.33 Å². The van der Waals surface area contributed by atoms with E-state index in [1.165, 1.54) is 25.8 Å². The van der Waals surface area contributed by atoms with Crippen molar-refractivity contribution in [3.05, 3.63) is 0 Å². The third kappa shape index (κ3) is 1.68. The zero-order valence-electron chi connectivity index (χ0n) is 7.25. The van der Waals surface area contributed by atoms with E-state index in [9.17, 15) is 5.11 Å². The largest absolute Gasteiger partial charge is 0.391 e. The smallest absolute Gasteiger partial charge is 0.0763 e. The minimum absolute atomic E-state index is 0.177. The molecule has 2 nitrogen and oxygen atoms in total. The van der Waals surface area contributed by atoms with Gasteiger partial charge in [0.15, 0.2) is 0 Å². The fourth-order valence-electron chi connectivity index (χ4n) is 2.57. The van der Waals surface area contributed by atoms with Crippen molar-refractivity contribution in [3.8, 4) is 0 Å². The van der Waals surface area contributed by atoms with Crippen molar-refractivity contribution in [1.29, 1.82) is 0 Å². The molecule has 3 unspecified atom stereocenters. The Labute approximate surface area is 82.1 Å². The standard InChI is InChI=1S/C9H16BrNO/c10-4-9(12)6-11-5-7-1-2-8(11)3-7/h7-9,12H,1-6H2.